The maximum absolute atomic E-state index is 5.62. The standard InChI is InChI=1S/C13H24N2S2/c1-4-12-5-6-13(17-12)7-11(15-14)9-16-8-10(2)3/h5-6,10-11,15H,4,7-9,14H2,1-3H3. The zero-order valence-electron chi connectivity index (χ0n) is 11.0. The number of aryl methyl sites for hydroxylation is 1. The minimum atomic E-state index is 0.391. The minimum absolute atomic E-state index is 0.391. The van der Waals surface area contributed by atoms with Gasteiger partial charge in [0.2, 0.25) is 0 Å². The molecule has 2 nitrogen and oxygen atoms in total. The van der Waals surface area contributed by atoms with Gasteiger partial charge in [-0.15, -0.1) is 11.3 Å². The largest absolute Gasteiger partial charge is 0.271 e. The molecule has 1 rings (SSSR count). The fourth-order valence-corrected chi connectivity index (χ4v) is 3.72. The molecular formula is C13H24N2S2. The maximum atomic E-state index is 5.62. The van der Waals surface area contributed by atoms with Crippen molar-refractivity contribution in [3.05, 3.63) is 21.9 Å². The highest BCUT2D eigenvalue weighted by atomic mass is 32.2. The highest BCUT2D eigenvalue weighted by molar-refractivity contribution is 7.99. The van der Waals surface area contributed by atoms with Gasteiger partial charge in [0.1, 0.15) is 0 Å². The molecule has 0 fully saturated rings. The Morgan fingerprint density at radius 1 is 1.29 bits per heavy atom. The molecule has 0 aliphatic heterocycles. The number of thioether (sulfide) groups is 1. The van der Waals surface area contributed by atoms with Crippen LogP contribution in [0.3, 0.4) is 0 Å². The monoisotopic (exact) mass is 272 g/mol. The topological polar surface area (TPSA) is 38.0 Å². The van der Waals surface area contributed by atoms with E-state index < -0.39 is 0 Å². The fourth-order valence-electron chi connectivity index (χ4n) is 1.58. The van der Waals surface area contributed by atoms with Crippen LogP contribution >= 0.6 is 23.1 Å². The number of hydrogen-bond donors (Lipinski definition) is 2. The number of hydrogen-bond acceptors (Lipinski definition) is 4. The highest BCUT2D eigenvalue weighted by Crippen LogP contribution is 2.19. The molecule has 98 valence electrons. The third-order valence-electron chi connectivity index (χ3n) is 2.52. The Morgan fingerprint density at radius 3 is 2.53 bits per heavy atom. The zero-order chi connectivity index (χ0) is 12.7. The van der Waals surface area contributed by atoms with Gasteiger partial charge in [-0.3, -0.25) is 11.3 Å². The molecule has 0 amide bonds. The normalized spacial score (nSPS) is 13.2. The maximum Gasteiger partial charge on any atom is 0.0349 e. The lowest BCUT2D eigenvalue weighted by atomic mass is 10.2. The van der Waals surface area contributed by atoms with Crippen LogP contribution in [0.5, 0.6) is 0 Å². The van der Waals surface area contributed by atoms with Crippen molar-refractivity contribution in [1.82, 2.24) is 5.43 Å². The van der Waals surface area contributed by atoms with Crippen LogP contribution in [0.1, 0.15) is 30.5 Å². The predicted octanol–water partition coefficient (Wildman–Crippen LogP) is 3.07. The number of thiophene rings is 1. The van der Waals surface area contributed by atoms with Crippen molar-refractivity contribution in [2.75, 3.05) is 11.5 Å². The van der Waals surface area contributed by atoms with Gasteiger partial charge in [0.15, 0.2) is 0 Å². The molecule has 3 N–H and O–H groups in total. The van der Waals surface area contributed by atoms with Crippen molar-refractivity contribution in [2.45, 2.75) is 39.7 Å². The van der Waals surface area contributed by atoms with Gasteiger partial charge in [-0.1, -0.05) is 20.8 Å². The first kappa shape index (κ1) is 15.0. The van der Waals surface area contributed by atoms with Gasteiger partial charge in [-0.05, 0) is 36.6 Å². The van der Waals surface area contributed by atoms with E-state index in [-0.39, 0.29) is 0 Å². The van der Waals surface area contributed by atoms with Gasteiger partial charge >= 0.3 is 0 Å². The van der Waals surface area contributed by atoms with E-state index in [1.165, 1.54) is 15.5 Å². The Morgan fingerprint density at radius 2 is 2.00 bits per heavy atom. The summed E-state index contributed by atoms with van der Waals surface area (Å²) in [7, 11) is 0. The Hall–Kier alpha value is -0.0300. The van der Waals surface area contributed by atoms with Crippen molar-refractivity contribution in [3.63, 3.8) is 0 Å². The van der Waals surface area contributed by atoms with Gasteiger partial charge in [-0.25, -0.2) is 0 Å². The number of nitrogens with two attached hydrogens (primary N) is 1. The minimum Gasteiger partial charge on any atom is -0.271 e. The average Bonchev–Trinajstić information content (AvgIpc) is 2.75. The molecule has 0 aliphatic rings. The highest BCUT2D eigenvalue weighted by Gasteiger charge is 2.10. The third-order valence-corrected chi connectivity index (χ3v) is 5.31. The summed E-state index contributed by atoms with van der Waals surface area (Å²) in [5.41, 5.74) is 2.94. The van der Waals surface area contributed by atoms with E-state index in [1.807, 2.05) is 23.1 Å². The second-order valence-corrected chi connectivity index (χ2v) is 7.05. The summed E-state index contributed by atoms with van der Waals surface area (Å²) >= 11 is 3.90. The first-order valence-corrected chi connectivity index (χ1v) is 8.24. The summed E-state index contributed by atoms with van der Waals surface area (Å²) in [5.74, 6) is 8.68. The predicted molar refractivity (Wildman–Crippen MR) is 80.7 cm³/mol. The zero-order valence-corrected chi connectivity index (χ0v) is 12.7. The van der Waals surface area contributed by atoms with Crippen molar-refractivity contribution in [3.8, 4) is 0 Å². The lowest BCUT2D eigenvalue weighted by Gasteiger charge is -2.15. The van der Waals surface area contributed by atoms with Crippen molar-refractivity contribution >= 4 is 23.1 Å². The lowest BCUT2D eigenvalue weighted by Crippen LogP contribution is -2.38. The van der Waals surface area contributed by atoms with E-state index in [1.54, 1.807) is 0 Å². The molecule has 4 heteroatoms. The molecule has 1 aromatic rings. The quantitative estimate of drug-likeness (QED) is 0.564. The van der Waals surface area contributed by atoms with Crippen LogP contribution in [0.2, 0.25) is 0 Å². The van der Waals surface area contributed by atoms with Crippen molar-refractivity contribution < 1.29 is 0 Å². The van der Waals surface area contributed by atoms with Crippen molar-refractivity contribution in [1.29, 1.82) is 0 Å². The van der Waals surface area contributed by atoms with E-state index in [2.05, 4.69) is 38.3 Å². The molecule has 17 heavy (non-hydrogen) atoms. The van der Waals surface area contributed by atoms with E-state index >= 15 is 0 Å². The van der Waals surface area contributed by atoms with Crippen LogP contribution in [0.15, 0.2) is 12.1 Å². The van der Waals surface area contributed by atoms with Crippen LogP contribution in [-0.2, 0) is 12.8 Å². The molecule has 0 saturated heterocycles. The van der Waals surface area contributed by atoms with Gasteiger partial charge in [-0.2, -0.15) is 11.8 Å². The number of hydrazine groups is 1. The molecule has 0 bridgehead atoms. The molecule has 1 aromatic heterocycles. The number of rotatable bonds is 8. The van der Waals surface area contributed by atoms with Gasteiger partial charge in [0.25, 0.3) is 0 Å². The second-order valence-electron chi connectivity index (χ2n) is 4.72. The molecule has 1 atom stereocenters. The molecule has 0 radical (unpaired) electrons. The van der Waals surface area contributed by atoms with Crippen LogP contribution < -0.4 is 11.3 Å². The van der Waals surface area contributed by atoms with Gasteiger partial charge in [0, 0.05) is 21.5 Å². The Kier molecular flexibility index (Phi) is 7.19. The SMILES string of the molecule is CCc1ccc(CC(CSCC(C)C)NN)s1. The van der Waals surface area contributed by atoms with Gasteiger partial charge in [0.05, 0.1) is 0 Å². The molecule has 0 aliphatic carbocycles. The van der Waals surface area contributed by atoms with E-state index in [0.717, 1.165) is 24.5 Å². The molecule has 1 unspecified atom stereocenters. The molecule has 1 heterocycles. The van der Waals surface area contributed by atoms with Crippen molar-refractivity contribution in [2.24, 2.45) is 11.8 Å². The van der Waals surface area contributed by atoms with E-state index in [4.69, 9.17) is 5.84 Å². The summed E-state index contributed by atoms with van der Waals surface area (Å²) < 4.78 is 0. The molecule has 0 spiro atoms. The number of nitrogens with one attached hydrogen (secondary N) is 1. The Bertz CT molecular complexity index is 310. The average molecular weight is 272 g/mol. The summed E-state index contributed by atoms with van der Waals surface area (Å²) in [4.78, 5) is 2.90. The van der Waals surface area contributed by atoms with E-state index in [0.29, 0.717) is 6.04 Å². The van der Waals surface area contributed by atoms with Crippen LogP contribution in [0.25, 0.3) is 0 Å². The lowest BCUT2D eigenvalue weighted by molar-refractivity contribution is 0.578. The smallest absolute Gasteiger partial charge is 0.0349 e. The molecule has 0 aromatic carbocycles. The Balaban J connectivity index is 2.35. The Labute approximate surface area is 113 Å². The fraction of sp³-hybridized carbons (Fsp3) is 0.692. The molecule has 0 saturated carbocycles. The summed E-state index contributed by atoms with van der Waals surface area (Å²) in [5, 5.41) is 0. The summed E-state index contributed by atoms with van der Waals surface area (Å²) in [6.45, 7) is 6.71. The summed E-state index contributed by atoms with van der Waals surface area (Å²) in [6, 6.07) is 4.86. The first-order chi connectivity index (χ1) is 8.15. The first-order valence-electron chi connectivity index (χ1n) is 6.27. The van der Waals surface area contributed by atoms with E-state index in [9.17, 15) is 0 Å². The van der Waals surface area contributed by atoms with Crippen LogP contribution in [-0.4, -0.2) is 17.5 Å². The second kappa shape index (κ2) is 8.14. The van der Waals surface area contributed by atoms with Gasteiger partial charge < -0.3 is 0 Å². The molecular weight excluding hydrogens is 248 g/mol. The summed E-state index contributed by atoms with van der Waals surface area (Å²) in [6.07, 6.45) is 2.18. The van der Waals surface area contributed by atoms with Crippen LogP contribution in [0, 0.1) is 5.92 Å². The van der Waals surface area contributed by atoms with Crippen LogP contribution in [0.4, 0.5) is 0 Å². The third kappa shape index (κ3) is 5.91.